The number of nitrogen functional groups attached to an aromatic ring is 1. The molecule has 4 rings (SSSR count). The molecule has 0 bridgehead atoms. The molecule has 0 amide bonds. The predicted molar refractivity (Wildman–Crippen MR) is 116 cm³/mol. The van der Waals surface area contributed by atoms with Gasteiger partial charge in [0.1, 0.15) is 11.6 Å². The lowest BCUT2D eigenvalue weighted by molar-refractivity contribution is -0.137. The minimum atomic E-state index is -4.43. The van der Waals surface area contributed by atoms with Crippen molar-refractivity contribution in [3.63, 3.8) is 0 Å². The first kappa shape index (κ1) is 21.0. The molecule has 0 aliphatic carbocycles. The van der Waals surface area contributed by atoms with E-state index < -0.39 is 11.7 Å². The Morgan fingerprint density at radius 1 is 1.10 bits per heavy atom. The van der Waals surface area contributed by atoms with Crippen molar-refractivity contribution >= 4 is 34.2 Å². The van der Waals surface area contributed by atoms with Gasteiger partial charge in [-0.25, -0.2) is 9.97 Å². The van der Waals surface area contributed by atoms with Gasteiger partial charge in [-0.2, -0.15) is 18.2 Å². The van der Waals surface area contributed by atoms with Gasteiger partial charge >= 0.3 is 6.18 Å². The van der Waals surface area contributed by atoms with Gasteiger partial charge in [-0.3, -0.25) is 0 Å². The molecule has 7 nitrogen and oxygen atoms in total. The van der Waals surface area contributed by atoms with E-state index in [9.17, 15) is 13.2 Å². The Morgan fingerprint density at radius 3 is 2.58 bits per heavy atom. The van der Waals surface area contributed by atoms with Crippen molar-refractivity contribution in [2.24, 2.45) is 0 Å². The zero-order valence-electron chi connectivity index (χ0n) is 17.1. The van der Waals surface area contributed by atoms with E-state index in [-0.39, 0.29) is 5.69 Å². The summed E-state index contributed by atoms with van der Waals surface area (Å²) in [4.78, 5) is 15.8. The molecule has 164 valence electrons. The molecule has 3 heterocycles. The molecule has 0 unspecified atom stereocenters. The number of benzene rings is 1. The van der Waals surface area contributed by atoms with Crippen molar-refractivity contribution in [3.8, 4) is 0 Å². The highest BCUT2D eigenvalue weighted by Gasteiger charge is 2.31. The van der Waals surface area contributed by atoms with Crippen molar-refractivity contribution in [1.29, 1.82) is 0 Å². The minimum Gasteiger partial charge on any atom is -0.399 e. The molecular weight excluding hydrogens is 407 g/mol. The first-order valence-electron chi connectivity index (χ1n) is 10.1. The van der Waals surface area contributed by atoms with Crippen LogP contribution in [0.15, 0.2) is 30.5 Å². The van der Waals surface area contributed by atoms with E-state index in [4.69, 9.17) is 10.7 Å². The largest absolute Gasteiger partial charge is 0.416 e. The summed E-state index contributed by atoms with van der Waals surface area (Å²) in [6.07, 6.45) is -0.179. The zero-order chi connectivity index (χ0) is 22.0. The van der Waals surface area contributed by atoms with E-state index in [1.165, 1.54) is 0 Å². The minimum absolute atomic E-state index is 0.0957. The highest BCUT2D eigenvalue weighted by Crippen LogP contribution is 2.31. The van der Waals surface area contributed by atoms with Gasteiger partial charge in [0.25, 0.3) is 0 Å². The highest BCUT2D eigenvalue weighted by molar-refractivity contribution is 5.91. The smallest absolute Gasteiger partial charge is 0.399 e. The average Bonchev–Trinajstić information content (AvgIpc) is 3.27. The topological polar surface area (TPSA) is 92.0 Å². The summed E-state index contributed by atoms with van der Waals surface area (Å²) < 4.78 is 39.2. The number of pyridine rings is 1. The normalized spacial score (nSPS) is 14.3. The summed E-state index contributed by atoms with van der Waals surface area (Å²) in [6, 6.07) is 5.50. The van der Waals surface area contributed by atoms with Crippen LogP contribution < -0.4 is 21.3 Å². The number of hydrogen-bond acceptors (Lipinski definition) is 7. The van der Waals surface area contributed by atoms with Crippen LogP contribution in [0.5, 0.6) is 0 Å². The van der Waals surface area contributed by atoms with E-state index in [0.717, 1.165) is 43.5 Å². The van der Waals surface area contributed by atoms with Crippen LogP contribution >= 0.6 is 0 Å². The van der Waals surface area contributed by atoms with Crippen LogP contribution in [-0.4, -0.2) is 41.6 Å². The van der Waals surface area contributed by atoms with Crippen molar-refractivity contribution in [3.05, 3.63) is 41.6 Å². The molecule has 0 radical (unpaired) electrons. The van der Waals surface area contributed by atoms with E-state index in [2.05, 4.69) is 25.5 Å². The number of anilines is 4. The van der Waals surface area contributed by atoms with Crippen LogP contribution in [0.2, 0.25) is 0 Å². The molecule has 1 fully saturated rings. The Bertz CT molecular complexity index is 1080. The number of fused-ring (bicyclic) bond motifs is 1. The van der Waals surface area contributed by atoms with Crippen molar-refractivity contribution in [2.75, 3.05) is 47.9 Å². The summed E-state index contributed by atoms with van der Waals surface area (Å²) >= 11 is 0. The second kappa shape index (κ2) is 8.44. The number of alkyl halides is 3. The highest BCUT2D eigenvalue weighted by atomic mass is 19.4. The molecule has 1 saturated heterocycles. The second-order valence-corrected chi connectivity index (χ2v) is 7.54. The molecule has 0 atom stereocenters. The molecule has 4 N–H and O–H groups in total. The number of rotatable bonds is 6. The molecule has 1 aliphatic heterocycles. The van der Waals surface area contributed by atoms with Gasteiger partial charge in [0.2, 0.25) is 5.95 Å². The fourth-order valence-corrected chi connectivity index (χ4v) is 3.70. The van der Waals surface area contributed by atoms with Crippen LogP contribution in [0.1, 0.15) is 24.0 Å². The first-order chi connectivity index (χ1) is 14.8. The fourth-order valence-electron chi connectivity index (χ4n) is 3.70. The van der Waals surface area contributed by atoms with Gasteiger partial charge in [-0.1, -0.05) is 0 Å². The molecular formula is C21H24F3N7. The SMILES string of the molecule is CNc1cc2c(NCCc3cc(N)cc(C(F)(F)F)c3)nc(N3CCCC3)nc2cn1. The summed E-state index contributed by atoms with van der Waals surface area (Å²) in [5.41, 5.74) is 6.25. The van der Waals surface area contributed by atoms with Crippen molar-refractivity contribution in [2.45, 2.75) is 25.4 Å². The number of halogens is 3. The van der Waals surface area contributed by atoms with Crippen LogP contribution in [-0.2, 0) is 12.6 Å². The van der Waals surface area contributed by atoms with Gasteiger partial charge in [0, 0.05) is 37.8 Å². The third-order valence-electron chi connectivity index (χ3n) is 5.26. The number of nitrogens with zero attached hydrogens (tertiary/aromatic N) is 4. The third kappa shape index (κ3) is 4.73. The van der Waals surface area contributed by atoms with Gasteiger partial charge in [-0.15, -0.1) is 0 Å². The third-order valence-corrected chi connectivity index (χ3v) is 5.26. The standard InChI is InChI=1S/C21H24F3N7/c1-26-18-11-16-17(12-28-18)29-20(31-6-2-3-7-31)30-19(16)27-5-4-13-8-14(21(22,23)24)10-15(25)9-13/h8-12H,2-7,25H2,1H3,(H,26,28)(H,27,29,30). The molecule has 31 heavy (non-hydrogen) atoms. The zero-order valence-corrected chi connectivity index (χ0v) is 17.1. The van der Waals surface area contributed by atoms with Crippen LogP contribution in [0.4, 0.5) is 36.4 Å². The quantitative estimate of drug-likeness (QED) is 0.510. The van der Waals surface area contributed by atoms with E-state index in [0.29, 0.717) is 41.6 Å². The second-order valence-electron chi connectivity index (χ2n) is 7.54. The van der Waals surface area contributed by atoms with Gasteiger partial charge in [-0.05, 0) is 49.1 Å². The van der Waals surface area contributed by atoms with E-state index in [1.807, 2.05) is 6.07 Å². The molecule has 10 heteroatoms. The number of hydrogen-bond donors (Lipinski definition) is 3. The van der Waals surface area contributed by atoms with Gasteiger partial charge in [0.15, 0.2) is 0 Å². The lowest BCUT2D eigenvalue weighted by atomic mass is 10.1. The monoisotopic (exact) mass is 431 g/mol. The average molecular weight is 431 g/mol. The van der Waals surface area contributed by atoms with E-state index in [1.54, 1.807) is 19.3 Å². The summed E-state index contributed by atoms with van der Waals surface area (Å²) in [6.45, 7) is 2.19. The number of aromatic nitrogens is 3. The molecule has 3 aromatic rings. The summed E-state index contributed by atoms with van der Waals surface area (Å²) in [5, 5.41) is 7.07. The maximum atomic E-state index is 13.1. The lowest BCUT2D eigenvalue weighted by Gasteiger charge is -2.18. The summed E-state index contributed by atoms with van der Waals surface area (Å²) in [5.74, 6) is 1.94. The molecule has 1 aromatic carbocycles. The molecule has 2 aromatic heterocycles. The Labute approximate surface area is 177 Å². The Kier molecular flexibility index (Phi) is 5.71. The number of nitrogens with one attached hydrogen (secondary N) is 2. The fraction of sp³-hybridized carbons (Fsp3) is 0.381. The molecule has 1 aliphatic rings. The first-order valence-corrected chi connectivity index (χ1v) is 10.1. The van der Waals surface area contributed by atoms with Crippen molar-refractivity contribution < 1.29 is 13.2 Å². The van der Waals surface area contributed by atoms with Crippen LogP contribution in [0.25, 0.3) is 10.9 Å². The lowest BCUT2D eigenvalue weighted by Crippen LogP contribution is -2.21. The van der Waals surface area contributed by atoms with E-state index >= 15 is 0 Å². The van der Waals surface area contributed by atoms with Crippen molar-refractivity contribution in [1.82, 2.24) is 15.0 Å². The predicted octanol–water partition coefficient (Wildman–Crippen LogP) is 3.92. The van der Waals surface area contributed by atoms with Gasteiger partial charge in [0.05, 0.1) is 17.3 Å². The maximum absolute atomic E-state index is 13.1. The Morgan fingerprint density at radius 2 is 1.87 bits per heavy atom. The number of nitrogens with two attached hydrogens (primary N) is 1. The Hall–Kier alpha value is -3.30. The summed E-state index contributed by atoms with van der Waals surface area (Å²) in [7, 11) is 1.78. The van der Waals surface area contributed by atoms with Crippen LogP contribution in [0.3, 0.4) is 0 Å². The maximum Gasteiger partial charge on any atom is 0.416 e. The molecule has 0 saturated carbocycles. The van der Waals surface area contributed by atoms with Crippen LogP contribution in [0, 0.1) is 0 Å². The molecule has 0 spiro atoms. The van der Waals surface area contributed by atoms with Gasteiger partial charge < -0.3 is 21.3 Å². The Balaban J connectivity index is 1.59.